The number of nitrogens with zero attached hydrogens (tertiary/aromatic N) is 2. The van der Waals surface area contributed by atoms with Gasteiger partial charge in [0.1, 0.15) is 5.75 Å². The van der Waals surface area contributed by atoms with Crippen LogP contribution in [0.25, 0.3) is 21.9 Å². The van der Waals surface area contributed by atoms with Crippen molar-refractivity contribution in [2.24, 2.45) is 0 Å². The molecule has 2 heterocycles. The van der Waals surface area contributed by atoms with Gasteiger partial charge in [-0.3, -0.25) is 0 Å². The summed E-state index contributed by atoms with van der Waals surface area (Å²) in [4.78, 5) is 0. The molecular weight excluding hydrogens is 377 g/mol. The lowest BCUT2D eigenvalue weighted by molar-refractivity contribution is 0.00578. The number of aromatic nitrogens is 2. The standard InChI is InChI=1S/C23H28BN3O3/c1-13-10-16(24-29-22(3,4)23(5,6)30-24)12-19(20(13)28-7)15-8-9-17-18(11-15)14(2)26-27-21(17)25/h8-12H,1-7H3,(H2,25,27). The molecule has 1 aromatic heterocycles. The second-order valence-corrected chi connectivity index (χ2v) is 8.94. The van der Waals surface area contributed by atoms with E-state index in [2.05, 4.69) is 56.1 Å². The van der Waals surface area contributed by atoms with E-state index < -0.39 is 18.3 Å². The van der Waals surface area contributed by atoms with Gasteiger partial charge in [0.2, 0.25) is 0 Å². The monoisotopic (exact) mass is 405 g/mol. The Morgan fingerprint density at radius 3 is 2.23 bits per heavy atom. The molecule has 0 amide bonds. The van der Waals surface area contributed by atoms with Crippen molar-refractivity contribution < 1.29 is 14.0 Å². The summed E-state index contributed by atoms with van der Waals surface area (Å²) in [5.41, 5.74) is 10.0. The molecule has 6 nitrogen and oxygen atoms in total. The highest BCUT2D eigenvalue weighted by Gasteiger charge is 2.51. The van der Waals surface area contributed by atoms with Gasteiger partial charge in [0, 0.05) is 16.3 Å². The molecule has 30 heavy (non-hydrogen) atoms. The number of rotatable bonds is 3. The molecular formula is C23H28BN3O3. The Labute approximate surface area is 177 Å². The van der Waals surface area contributed by atoms with Crippen molar-refractivity contribution in [2.75, 3.05) is 12.8 Å². The van der Waals surface area contributed by atoms with E-state index in [0.29, 0.717) is 5.82 Å². The van der Waals surface area contributed by atoms with Crippen LogP contribution >= 0.6 is 0 Å². The second kappa shape index (κ2) is 6.96. The normalized spacial score (nSPS) is 17.5. The molecule has 0 atom stereocenters. The third kappa shape index (κ3) is 3.22. The lowest BCUT2D eigenvalue weighted by atomic mass is 9.76. The van der Waals surface area contributed by atoms with Crippen molar-refractivity contribution in [1.82, 2.24) is 10.2 Å². The maximum atomic E-state index is 6.28. The maximum Gasteiger partial charge on any atom is 0.494 e. The van der Waals surface area contributed by atoms with E-state index in [-0.39, 0.29) is 0 Å². The van der Waals surface area contributed by atoms with Gasteiger partial charge in [0.05, 0.1) is 24.0 Å². The Bertz CT molecular complexity index is 1130. The van der Waals surface area contributed by atoms with Gasteiger partial charge in [-0.15, -0.1) is 5.10 Å². The summed E-state index contributed by atoms with van der Waals surface area (Å²) < 4.78 is 18.3. The second-order valence-electron chi connectivity index (χ2n) is 8.94. The number of benzene rings is 2. The molecule has 1 fully saturated rings. The smallest absolute Gasteiger partial charge is 0.494 e. The van der Waals surface area contributed by atoms with Crippen LogP contribution in [-0.2, 0) is 9.31 Å². The Hall–Kier alpha value is -2.64. The highest BCUT2D eigenvalue weighted by atomic mass is 16.7. The van der Waals surface area contributed by atoms with Gasteiger partial charge >= 0.3 is 7.12 Å². The molecule has 7 heteroatoms. The van der Waals surface area contributed by atoms with Crippen molar-refractivity contribution in [2.45, 2.75) is 52.7 Å². The summed E-state index contributed by atoms with van der Waals surface area (Å²) in [6.07, 6.45) is 0. The van der Waals surface area contributed by atoms with E-state index in [1.54, 1.807) is 7.11 Å². The number of nitrogen functional groups attached to an aromatic ring is 1. The molecule has 0 aliphatic carbocycles. The highest BCUT2D eigenvalue weighted by molar-refractivity contribution is 6.62. The first-order valence-electron chi connectivity index (χ1n) is 10.1. The van der Waals surface area contributed by atoms with Crippen molar-refractivity contribution in [3.05, 3.63) is 41.6 Å². The zero-order chi connectivity index (χ0) is 21.8. The molecule has 0 spiro atoms. The lowest BCUT2D eigenvalue weighted by Gasteiger charge is -2.32. The van der Waals surface area contributed by atoms with Crippen LogP contribution in [-0.4, -0.2) is 35.6 Å². The average Bonchev–Trinajstić information content (AvgIpc) is 2.91. The quantitative estimate of drug-likeness (QED) is 0.668. The fraction of sp³-hybridized carbons (Fsp3) is 0.391. The molecule has 1 aliphatic heterocycles. The van der Waals surface area contributed by atoms with E-state index >= 15 is 0 Å². The molecule has 2 N–H and O–H groups in total. The minimum atomic E-state index is -0.443. The molecule has 2 aromatic carbocycles. The minimum absolute atomic E-state index is 0.401. The summed E-state index contributed by atoms with van der Waals surface area (Å²) >= 11 is 0. The number of ether oxygens (including phenoxy) is 1. The molecule has 1 aliphatic rings. The van der Waals surface area contributed by atoms with Crippen LogP contribution < -0.4 is 15.9 Å². The number of hydrogen-bond donors (Lipinski definition) is 1. The van der Waals surface area contributed by atoms with Gasteiger partial charge in [-0.25, -0.2) is 0 Å². The SMILES string of the molecule is COc1c(C)cc(B2OC(C)(C)C(C)(C)O2)cc1-c1ccc2c(N)nnc(C)c2c1. The Balaban J connectivity index is 1.86. The van der Waals surface area contributed by atoms with Crippen molar-refractivity contribution in [1.29, 1.82) is 0 Å². The third-order valence-electron chi connectivity index (χ3n) is 6.33. The van der Waals surface area contributed by atoms with Crippen LogP contribution in [0.1, 0.15) is 39.0 Å². The number of anilines is 1. The Morgan fingerprint density at radius 1 is 0.933 bits per heavy atom. The van der Waals surface area contributed by atoms with E-state index in [1.807, 2.05) is 26.0 Å². The predicted octanol–water partition coefficient (Wildman–Crippen LogP) is 3.80. The summed E-state index contributed by atoms with van der Waals surface area (Å²) in [6, 6.07) is 10.3. The number of hydrogen-bond acceptors (Lipinski definition) is 6. The van der Waals surface area contributed by atoms with Crippen molar-refractivity contribution >= 4 is 29.2 Å². The first kappa shape index (κ1) is 20.6. The van der Waals surface area contributed by atoms with E-state index in [1.165, 1.54) is 0 Å². The molecule has 1 saturated heterocycles. The van der Waals surface area contributed by atoms with Crippen LogP contribution in [0.2, 0.25) is 0 Å². The molecule has 4 rings (SSSR count). The maximum absolute atomic E-state index is 6.28. The Kier molecular flexibility index (Phi) is 4.79. The predicted molar refractivity (Wildman–Crippen MR) is 121 cm³/mol. The zero-order valence-corrected chi connectivity index (χ0v) is 18.7. The minimum Gasteiger partial charge on any atom is -0.496 e. The topological polar surface area (TPSA) is 79.5 Å². The molecule has 0 unspecified atom stereocenters. The van der Waals surface area contributed by atoms with Crippen LogP contribution in [0.3, 0.4) is 0 Å². The van der Waals surface area contributed by atoms with Crippen molar-refractivity contribution in [3.8, 4) is 16.9 Å². The van der Waals surface area contributed by atoms with E-state index in [9.17, 15) is 0 Å². The van der Waals surface area contributed by atoms with Crippen LogP contribution in [0.15, 0.2) is 30.3 Å². The van der Waals surface area contributed by atoms with Gasteiger partial charge in [0.15, 0.2) is 5.82 Å². The average molecular weight is 405 g/mol. The summed E-state index contributed by atoms with van der Waals surface area (Å²) in [6.45, 7) is 12.2. The number of nitrogens with two attached hydrogens (primary N) is 1. The molecule has 156 valence electrons. The molecule has 0 bridgehead atoms. The first-order valence-corrected chi connectivity index (χ1v) is 10.1. The van der Waals surface area contributed by atoms with Gasteiger partial charge in [-0.05, 0) is 70.3 Å². The van der Waals surface area contributed by atoms with Crippen LogP contribution in [0.5, 0.6) is 5.75 Å². The first-order chi connectivity index (χ1) is 14.0. The molecule has 0 radical (unpaired) electrons. The summed E-state index contributed by atoms with van der Waals surface area (Å²) in [5.74, 6) is 1.25. The highest BCUT2D eigenvalue weighted by Crippen LogP contribution is 2.39. The lowest BCUT2D eigenvalue weighted by Crippen LogP contribution is -2.41. The van der Waals surface area contributed by atoms with Crippen LogP contribution in [0, 0.1) is 13.8 Å². The third-order valence-corrected chi connectivity index (χ3v) is 6.33. The summed E-state index contributed by atoms with van der Waals surface area (Å²) in [7, 11) is 1.25. The number of fused-ring (bicyclic) bond motifs is 1. The van der Waals surface area contributed by atoms with E-state index in [0.717, 1.165) is 44.4 Å². The molecule has 3 aromatic rings. The molecule has 0 saturated carbocycles. The van der Waals surface area contributed by atoms with Gasteiger partial charge in [-0.2, -0.15) is 5.10 Å². The number of aryl methyl sites for hydroxylation is 2. The fourth-order valence-electron chi connectivity index (χ4n) is 3.87. The van der Waals surface area contributed by atoms with Crippen LogP contribution in [0.4, 0.5) is 5.82 Å². The largest absolute Gasteiger partial charge is 0.496 e. The number of methoxy groups -OCH3 is 1. The van der Waals surface area contributed by atoms with Gasteiger partial charge in [-0.1, -0.05) is 18.2 Å². The van der Waals surface area contributed by atoms with Gasteiger partial charge < -0.3 is 19.8 Å². The fourth-order valence-corrected chi connectivity index (χ4v) is 3.87. The van der Waals surface area contributed by atoms with Gasteiger partial charge in [0.25, 0.3) is 0 Å². The Morgan fingerprint density at radius 2 is 1.60 bits per heavy atom. The van der Waals surface area contributed by atoms with E-state index in [4.69, 9.17) is 19.8 Å². The van der Waals surface area contributed by atoms with Crippen molar-refractivity contribution in [3.63, 3.8) is 0 Å². The zero-order valence-electron chi connectivity index (χ0n) is 18.7. The summed E-state index contributed by atoms with van der Waals surface area (Å²) in [5, 5.41) is 10.1.